The van der Waals surface area contributed by atoms with Gasteiger partial charge in [0.1, 0.15) is 6.20 Å². The van der Waals surface area contributed by atoms with Crippen molar-refractivity contribution in [2.24, 2.45) is 0 Å². The van der Waals surface area contributed by atoms with Crippen molar-refractivity contribution in [1.29, 1.82) is 0 Å². The van der Waals surface area contributed by atoms with E-state index in [1.54, 1.807) is 7.11 Å². The number of amides is 2. The summed E-state index contributed by atoms with van der Waals surface area (Å²) in [7, 11) is 1.61. The lowest BCUT2D eigenvalue weighted by molar-refractivity contribution is -0.380. The zero-order valence-electron chi connectivity index (χ0n) is 12.5. The topological polar surface area (TPSA) is 106 Å². The predicted molar refractivity (Wildman–Crippen MR) is 85.2 cm³/mol. The van der Waals surface area contributed by atoms with E-state index in [1.807, 2.05) is 32.1 Å². The Balaban J connectivity index is 2.47. The van der Waals surface area contributed by atoms with Gasteiger partial charge in [0.2, 0.25) is 0 Å². The second kappa shape index (κ2) is 8.90. The number of methoxy groups -OCH3 is 1. The number of ether oxygens (including phenoxy) is 1. The van der Waals surface area contributed by atoms with Crippen molar-refractivity contribution in [3.05, 3.63) is 40.1 Å². The molecule has 1 rings (SSSR count). The minimum atomic E-state index is -0.555. The number of carbonyl (C=O) groups is 1. The molecule has 0 radical (unpaired) electrons. The monoisotopic (exact) mass is 326 g/mol. The van der Waals surface area contributed by atoms with Crippen LogP contribution >= 0.6 is 11.3 Å². The summed E-state index contributed by atoms with van der Waals surface area (Å²) in [6.07, 6.45) is 6.70. The minimum Gasteiger partial charge on any atom is -0.378 e. The molecule has 1 aromatic heterocycles. The molecule has 2 amide bonds. The van der Waals surface area contributed by atoms with Crippen molar-refractivity contribution in [3.63, 3.8) is 0 Å². The number of aromatic nitrogens is 1. The Morgan fingerprint density at radius 2 is 2.36 bits per heavy atom. The Bertz CT molecular complexity index is 582. The largest absolute Gasteiger partial charge is 0.378 e. The van der Waals surface area contributed by atoms with E-state index in [1.165, 1.54) is 0 Å². The third kappa shape index (κ3) is 6.02. The fourth-order valence-electron chi connectivity index (χ4n) is 1.33. The Morgan fingerprint density at radius 3 is 2.91 bits per heavy atom. The van der Waals surface area contributed by atoms with Gasteiger partial charge in [0.25, 0.3) is 0 Å². The molecule has 1 unspecified atom stereocenters. The lowest BCUT2D eigenvalue weighted by atomic mass is 10.2. The maximum atomic E-state index is 11.7. The molecule has 120 valence electrons. The summed E-state index contributed by atoms with van der Waals surface area (Å²) in [4.78, 5) is 25.4. The van der Waals surface area contributed by atoms with E-state index < -0.39 is 11.0 Å². The Labute approximate surface area is 132 Å². The Kier molecular flexibility index (Phi) is 7.20. The molecule has 2 N–H and O–H groups in total. The molecular weight excluding hydrogens is 308 g/mol. The summed E-state index contributed by atoms with van der Waals surface area (Å²) in [6.45, 7) is 4.09. The van der Waals surface area contributed by atoms with Gasteiger partial charge in [0, 0.05) is 13.7 Å². The van der Waals surface area contributed by atoms with Crippen LogP contribution in [0.5, 0.6) is 0 Å². The first-order valence-electron chi connectivity index (χ1n) is 6.47. The molecule has 22 heavy (non-hydrogen) atoms. The molecule has 1 aromatic rings. The average Bonchev–Trinajstić information content (AvgIpc) is 2.95. The minimum absolute atomic E-state index is 0.0142. The molecule has 0 saturated carbocycles. The molecule has 8 nitrogen and oxygen atoms in total. The highest BCUT2D eigenvalue weighted by Gasteiger charge is 2.13. The van der Waals surface area contributed by atoms with Crippen LogP contribution in [0.1, 0.15) is 13.8 Å². The van der Waals surface area contributed by atoms with Gasteiger partial charge in [0.05, 0.1) is 11.0 Å². The first-order chi connectivity index (χ1) is 10.5. The highest BCUT2D eigenvalue weighted by molar-refractivity contribution is 7.18. The molecule has 0 aliphatic carbocycles. The highest BCUT2D eigenvalue weighted by Crippen LogP contribution is 2.24. The number of nitrogens with zero attached hydrogens (tertiary/aromatic N) is 2. The van der Waals surface area contributed by atoms with Crippen LogP contribution < -0.4 is 10.6 Å². The van der Waals surface area contributed by atoms with Crippen LogP contribution in [0.25, 0.3) is 0 Å². The summed E-state index contributed by atoms with van der Waals surface area (Å²) < 4.78 is 5.10. The smallest absolute Gasteiger partial charge is 0.345 e. The number of hydrogen-bond donors (Lipinski definition) is 2. The summed E-state index contributed by atoms with van der Waals surface area (Å²) in [5.74, 6) is 0. The van der Waals surface area contributed by atoms with Gasteiger partial charge in [0.15, 0.2) is 5.13 Å². The van der Waals surface area contributed by atoms with Crippen LogP contribution in [0.2, 0.25) is 0 Å². The fraction of sp³-hybridized carbons (Fsp3) is 0.385. The van der Waals surface area contributed by atoms with E-state index >= 15 is 0 Å². The summed E-state index contributed by atoms with van der Waals surface area (Å²) >= 11 is 0.799. The number of allylic oxidation sites excluding steroid dienone is 1. The number of urea groups is 1. The van der Waals surface area contributed by atoms with Gasteiger partial charge in [-0.05, 0) is 30.8 Å². The normalized spacial score (nSPS) is 13.1. The van der Waals surface area contributed by atoms with Crippen LogP contribution in [0.3, 0.4) is 0 Å². The first-order valence-corrected chi connectivity index (χ1v) is 7.29. The maximum Gasteiger partial charge on any atom is 0.345 e. The molecular formula is C13H18N4O4S. The van der Waals surface area contributed by atoms with Gasteiger partial charge in [-0.3, -0.25) is 15.4 Å². The maximum absolute atomic E-state index is 11.7. The second-order valence-electron chi connectivity index (χ2n) is 4.23. The summed E-state index contributed by atoms with van der Waals surface area (Å²) in [6, 6.07) is -0.475. The van der Waals surface area contributed by atoms with E-state index in [2.05, 4.69) is 15.6 Å². The zero-order chi connectivity index (χ0) is 16.5. The first kappa shape index (κ1) is 17.8. The summed E-state index contributed by atoms with van der Waals surface area (Å²) in [5, 5.41) is 15.7. The molecule has 0 saturated heterocycles. The molecule has 9 heteroatoms. The van der Waals surface area contributed by atoms with Gasteiger partial charge in [-0.15, -0.1) is 0 Å². The van der Waals surface area contributed by atoms with Crippen LogP contribution in [0, 0.1) is 10.1 Å². The molecule has 0 aliphatic rings. The van der Waals surface area contributed by atoms with Gasteiger partial charge >= 0.3 is 11.0 Å². The molecule has 0 aromatic carbocycles. The van der Waals surface area contributed by atoms with E-state index in [0.29, 0.717) is 6.54 Å². The van der Waals surface area contributed by atoms with Crippen LogP contribution in [-0.4, -0.2) is 35.7 Å². The molecule has 0 fully saturated rings. The SMILES string of the molecule is C/C=C(\C=C/C(C)OC)CNC(=O)Nc1ncc([N+](=O)[O-])s1. The van der Waals surface area contributed by atoms with E-state index in [4.69, 9.17) is 4.74 Å². The predicted octanol–water partition coefficient (Wildman–Crippen LogP) is 2.71. The van der Waals surface area contributed by atoms with Crippen molar-refractivity contribution in [2.75, 3.05) is 19.0 Å². The van der Waals surface area contributed by atoms with Gasteiger partial charge in [-0.1, -0.05) is 18.2 Å². The number of anilines is 1. The summed E-state index contributed by atoms with van der Waals surface area (Å²) in [5.41, 5.74) is 0.907. The van der Waals surface area contributed by atoms with Crippen molar-refractivity contribution < 1.29 is 14.5 Å². The third-order valence-electron chi connectivity index (χ3n) is 2.67. The number of thiazole rings is 1. The van der Waals surface area contributed by atoms with E-state index in [0.717, 1.165) is 23.1 Å². The second-order valence-corrected chi connectivity index (χ2v) is 5.24. The third-order valence-corrected chi connectivity index (χ3v) is 3.54. The van der Waals surface area contributed by atoms with Crippen LogP contribution in [0.4, 0.5) is 14.9 Å². The standard InChI is InChI=1S/C13H18N4O4S/c1-4-10(6-5-9(2)21-3)7-14-12(18)16-13-15-8-11(22-13)17(19)20/h4-6,8-9H,7H2,1-3H3,(H2,14,15,16,18)/b6-5-,10-4+. The van der Waals surface area contributed by atoms with Crippen LogP contribution in [-0.2, 0) is 4.74 Å². The van der Waals surface area contributed by atoms with Gasteiger partial charge in [-0.25, -0.2) is 9.78 Å². The zero-order valence-corrected chi connectivity index (χ0v) is 13.3. The number of carbonyl (C=O) groups excluding carboxylic acids is 1. The number of rotatable bonds is 7. The van der Waals surface area contributed by atoms with Gasteiger partial charge in [-0.2, -0.15) is 0 Å². The molecule has 0 spiro atoms. The average molecular weight is 326 g/mol. The van der Waals surface area contributed by atoms with Crippen molar-refractivity contribution in [2.45, 2.75) is 20.0 Å². The van der Waals surface area contributed by atoms with Crippen LogP contribution in [0.15, 0.2) is 30.0 Å². The number of nitro groups is 1. The Hall–Kier alpha value is -2.26. The van der Waals surface area contributed by atoms with Crippen molar-refractivity contribution >= 4 is 27.5 Å². The quantitative estimate of drug-likeness (QED) is 0.455. The van der Waals surface area contributed by atoms with Crippen molar-refractivity contribution in [1.82, 2.24) is 10.3 Å². The molecule has 0 aliphatic heterocycles. The molecule has 1 heterocycles. The lowest BCUT2D eigenvalue weighted by Crippen LogP contribution is -2.30. The number of hydrogen-bond acceptors (Lipinski definition) is 6. The molecule has 0 bridgehead atoms. The lowest BCUT2D eigenvalue weighted by Gasteiger charge is -2.07. The highest BCUT2D eigenvalue weighted by atomic mass is 32.1. The molecule has 1 atom stereocenters. The van der Waals surface area contributed by atoms with Gasteiger partial charge < -0.3 is 10.1 Å². The van der Waals surface area contributed by atoms with Crippen molar-refractivity contribution in [3.8, 4) is 0 Å². The Morgan fingerprint density at radius 1 is 1.64 bits per heavy atom. The van der Waals surface area contributed by atoms with E-state index in [9.17, 15) is 14.9 Å². The van der Waals surface area contributed by atoms with E-state index in [-0.39, 0.29) is 16.2 Å². The number of nitrogens with one attached hydrogen (secondary N) is 2. The fourth-order valence-corrected chi connectivity index (χ4v) is 1.95.